The largest absolute Gasteiger partial charge is 0.110 e. The second kappa shape index (κ2) is 6.19. The Morgan fingerprint density at radius 2 is 1.52 bits per heavy atom. The Balaban J connectivity index is 2.19. The average Bonchev–Trinajstić information content (AvgIpc) is 2.85. The van der Waals surface area contributed by atoms with Crippen LogP contribution in [0, 0.1) is 10.7 Å². The molecule has 1 heterocycles. The van der Waals surface area contributed by atoms with Gasteiger partial charge in [0, 0.05) is 5.56 Å². The molecule has 21 heavy (non-hydrogen) atoms. The van der Waals surface area contributed by atoms with E-state index >= 15 is 0 Å². The first-order valence-corrected chi connectivity index (χ1v) is 9.53. The monoisotopic (exact) mass is 368 g/mol. The number of aryl methyl sites for hydroxylation is 1. The second-order valence-electron chi connectivity index (χ2n) is 4.65. The maximum absolute atomic E-state index is 6.14. The minimum atomic E-state index is 0.551. The van der Waals surface area contributed by atoms with E-state index in [2.05, 4.69) is 31.2 Å². The summed E-state index contributed by atoms with van der Waals surface area (Å²) in [5, 5.41) is 1.11. The number of benzene rings is 2. The lowest BCUT2D eigenvalue weighted by Gasteiger charge is -2.06. The fourth-order valence-corrected chi connectivity index (χ4v) is 5.27. The standard InChI is InChI=1S/C16H10Cl2S3/c1-9-2-4-10(5-3-9)15-14(16(19)21-20-15)11-6-7-12(17)13(18)8-11/h2-8H,1H3. The van der Waals surface area contributed by atoms with Crippen molar-refractivity contribution in [2.45, 2.75) is 6.92 Å². The van der Waals surface area contributed by atoms with E-state index in [0.29, 0.717) is 10.0 Å². The Labute approximate surface area is 146 Å². The van der Waals surface area contributed by atoms with Crippen LogP contribution < -0.4 is 0 Å². The van der Waals surface area contributed by atoms with Gasteiger partial charge in [0.15, 0.2) is 0 Å². The van der Waals surface area contributed by atoms with Gasteiger partial charge in [0.25, 0.3) is 0 Å². The lowest BCUT2D eigenvalue weighted by molar-refractivity contribution is 1.48. The van der Waals surface area contributed by atoms with Crippen LogP contribution >= 0.6 is 56.1 Å². The predicted molar refractivity (Wildman–Crippen MR) is 98.7 cm³/mol. The van der Waals surface area contributed by atoms with Crippen molar-refractivity contribution in [1.29, 1.82) is 0 Å². The highest BCUT2D eigenvalue weighted by Crippen LogP contribution is 2.42. The van der Waals surface area contributed by atoms with E-state index in [4.69, 9.17) is 35.4 Å². The molecule has 0 aliphatic carbocycles. The molecule has 3 rings (SSSR count). The second-order valence-corrected chi connectivity index (χ2v) is 8.28. The van der Waals surface area contributed by atoms with Gasteiger partial charge in [-0.3, -0.25) is 0 Å². The molecule has 0 atom stereocenters. The Morgan fingerprint density at radius 3 is 2.19 bits per heavy atom. The molecule has 0 saturated heterocycles. The topological polar surface area (TPSA) is 0 Å². The van der Waals surface area contributed by atoms with E-state index in [1.807, 2.05) is 18.2 Å². The molecule has 0 amide bonds. The third-order valence-corrected chi connectivity index (χ3v) is 6.96. The molecule has 0 fully saturated rings. The van der Waals surface area contributed by atoms with E-state index in [1.54, 1.807) is 20.7 Å². The zero-order valence-corrected chi connectivity index (χ0v) is 15.0. The summed E-state index contributed by atoms with van der Waals surface area (Å²) in [6.45, 7) is 2.08. The van der Waals surface area contributed by atoms with E-state index in [1.165, 1.54) is 16.0 Å². The van der Waals surface area contributed by atoms with Gasteiger partial charge < -0.3 is 0 Å². The van der Waals surface area contributed by atoms with Gasteiger partial charge in [0.05, 0.1) is 14.9 Å². The van der Waals surface area contributed by atoms with Crippen molar-refractivity contribution in [3.63, 3.8) is 0 Å². The first-order chi connectivity index (χ1) is 10.1. The summed E-state index contributed by atoms with van der Waals surface area (Å²) in [5.74, 6) is 0. The van der Waals surface area contributed by atoms with Crippen LogP contribution in [-0.4, -0.2) is 0 Å². The average molecular weight is 369 g/mol. The molecule has 0 aliphatic rings. The Morgan fingerprint density at radius 1 is 0.857 bits per heavy atom. The molecule has 0 unspecified atom stereocenters. The van der Waals surface area contributed by atoms with Crippen molar-refractivity contribution in [3.8, 4) is 21.6 Å². The fraction of sp³-hybridized carbons (Fsp3) is 0.0625. The predicted octanol–water partition coefficient (Wildman–Crippen LogP) is 7.49. The first kappa shape index (κ1) is 15.2. The van der Waals surface area contributed by atoms with Gasteiger partial charge in [-0.05, 0) is 30.2 Å². The van der Waals surface area contributed by atoms with Crippen LogP contribution in [0.2, 0.25) is 10.0 Å². The summed E-state index contributed by atoms with van der Waals surface area (Å²) in [6, 6.07) is 14.1. The zero-order chi connectivity index (χ0) is 15.0. The van der Waals surface area contributed by atoms with Crippen molar-refractivity contribution >= 4 is 56.1 Å². The van der Waals surface area contributed by atoms with Crippen LogP contribution in [-0.2, 0) is 0 Å². The maximum atomic E-state index is 6.14. The van der Waals surface area contributed by atoms with Gasteiger partial charge >= 0.3 is 0 Å². The van der Waals surface area contributed by atoms with E-state index in [9.17, 15) is 0 Å². The van der Waals surface area contributed by atoms with Crippen molar-refractivity contribution in [2.24, 2.45) is 0 Å². The summed E-state index contributed by atoms with van der Waals surface area (Å²) >= 11 is 17.7. The maximum Gasteiger partial charge on any atom is 0.110 e. The molecular weight excluding hydrogens is 359 g/mol. The fourth-order valence-electron chi connectivity index (χ4n) is 2.05. The van der Waals surface area contributed by atoms with Gasteiger partial charge in [-0.2, -0.15) is 0 Å². The van der Waals surface area contributed by atoms with Crippen LogP contribution in [0.1, 0.15) is 5.56 Å². The highest BCUT2D eigenvalue weighted by Gasteiger charge is 2.13. The van der Waals surface area contributed by atoms with E-state index < -0.39 is 0 Å². The van der Waals surface area contributed by atoms with Crippen LogP contribution in [0.4, 0.5) is 0 Å². The lowest BCUT2D eigenvalue weighted by atomic mass is 10.0. The number of halogens is 2. The van der Waals surface area contributed by atoms with Crippen molar-refractivity contribution in [1.82, 2.24) is 0 Å². The van der Waals surface area contributed by atoms with Gasteiger partial charge in [0.2, 0.25) is 0 Å². The van der Waals surface area contributed by atoms with Gasteiger partial charge in [-0.15, -0.1) is 0 Å². The van der Waals surface area contributed by atoms with E-state index in [0.717, 1.165) is 15.0 Å². The smallest absolute Gasteiger partial charge is 0.0827 e. The van der Waals surface area contributed by atoms with Crippen LogP contribution in [0.15, 0.2) is 42.5 Å². The van der Waals surface area contributed by atoms with Crippen molar-refractivity contribution in [3.05, 3.63) is 61.9 Å². The third kappa shape index (κ3) is 3.08. The molecule has 0 N–H and O–H groups in total. The molecule has 0 radical (unpaired) electrons. The number of hydrogen-bond acceptors (Lipinski definition) is 3. The van der Waals surface area contributed by atoms with Gasteiger partial charge in [-0.1, -0.05) is 92.0 Å². The Bertz CT molecular complexity index is 845. The highest BCUT2D eigenvalue weighted by molar-refractivity contribution is 7.80. The summed E-state index contributed by atoms with van der Waals surface area (Å²) < 4.78 is 0.883. The van der Waals surface area contributed by atoms with E-state index in [-0.39, 0.29) is 0 Å². The van der Waals surface area contributed by atoms with Crippen LogP contribution in [0.3, 0.4) is 0 Å². The summed E-state index contributed by atoms with van der Waals surface area (Å²) in [4.78, 5) is 1.18. The SMILES string of the molecule is Cc1ccc(-c2ssc(=S)c2-c2ccc(Cl)c(Cl)c2)cc1. The van der Waals surface area contributed by atoms with Gasteiger partial charge in [-0.25, -0.2) is 0 Å². The molecule has 0 aliphatic heterocycles. The van der Waals surface area contributed by atoms with Crippen molar-refractivity contribution < 1.29 is 0 Å². The summed E-state index contributed by atoms with van der Waals surface area (Å²) in [5.41, 5.74) is 4.51. The molecular formula is C16H10Cl2S3. The van der Waals surface area contributed by atoms with Crippen LogP contribution in [0.5, 0.6) is 0 Å². The quantitative estimate of drug-likeness (QED) is 0.333. The number of hydrogen-bond donors (Lipinski definition) is 0. The lowest BCUT2D eigenvalue weighted by Crippen LogP contribution is -1.81. The summed E-state index contributed by atoms with van der Waals surface area (Å²) in [6.07, 6.45) is 0. The van der Waals surface area contributed by atoms with Gasteiger partial charge in [0.1, 0.15) is 3.82 Å². The molecule has 0 spiro atoms. The molecule has 0 nitrogen and oxygen atoms in total. The highest BCUT2D eigenvalue weighted by atomic mass is 35.5. The third-order valence-electron chi connectivity index (χ3n) is 3.15. The normalized spacial score (nSPS) is 10.8. The molecule has 5 heteroatoms. The summed E-state index contributed by atoms with van der Waals surface area (Å²) in [7, 11) is 3.32. The molecule has 1 aromatic heterocycles. The molecule has 106 valence electrons. The van der Waals surface area contributed by atoms with Crippen LogP contribution in [0.25, 0.3) is 21.6 Å². The number of rotatable bonds is 2. The Hall–Kier alpha value is -0.710. The minimum absolute atomic E-state index is 0.551. The molecule has 0 bridgehead atoms. The van der Waals surface area contributed by atoms with Crippen molar-refractivity contribution in [2.75, 3.05) is 0 Å². The minimum Gasteiger partial charge on any atom is -0.0827 e. The first-order valence-electron chi connectivity index (χ1n) is 6.22. The zero-order valence-electron chi connectivity index (χ0n) is 11.0. The molecule has 2 aromatic carbocycles. The molecule has 0 saturated carbocycles. The molecule has 3 aromatic rings. The Kier molecular flexibility index (Phi) is 4.48.